The van der Waals surface area contributed by atoms with Crippen LogP contribution in [0.2, 0.25) is 0 Å². The summed E-state index contributed by atoms with van der Waals surface area (Å²) in [6.45, 7) is 6.36. The molecule has 0 radical (unpaired) electrons. The van der Waals surface area contributed by atoms with Crippen molar-refractivity contribution in [2.24, 2.45) is 0 Å². The molecule has 0 saturated heterocycles. The topological polar surface area (TPSA) is 58.6 Å². The van der Waals surface area contributed by atoms with E-state index in [9.17, 15) is 9.59 Å². The minimum Gasteiger partial charge on any atom is -0.497 e. The number of carbonyl (C=O) groups is 2. The third-order valence-corrected chi connectivity index (χ3v) is 6.48. The van der Waals surface area contributed by atoms with Gasteiger partial charge in [-0.05, 0) is 43.0 Å². The van der Waals surface area contributed by atoms with Gasteiger partial charge >= 0.3 is 0 Å². The second-order valence-electron chi connectivity index (χ2n) is 7.90. The number of amides is 2. The van der Waals surface area contributed by atoms with Gasteiger partial charge in [0.05, 0.1) is 7.11 Å². The fourth-order valence-corrected chi connectivity index (χ4v) is 4.29. The Morgan fingerprint density at radius 3 is 2.41 bits per heavy atom. The highest BCUT2D eigenvalue weighted by Crippen LogP contribution is 2.19. The minimum absolute atomic E-state index is 0.000432. The van der Waals surface area contributed by atoms with Crippen molar-refractivity contribution in [1.29, 1.82) is 0 Å². The number of ether oxygens (including phenoxy) is 1. The van der Waals surface area contributed by atoms with E-state index < -0.39 is 6.04 Å². The van der Waals surface area contributed by atoms with E-state index in [0.717, 1.165) is 23.5 Å². The zero-order valence-corrected chi connectivity index (χ0v) is 20.5. The molecule has 174 valence electrons. The predicted molar refractivity (Wildman–Crippen MR) is 133 cm³/mol. The standard InChI is InChI=1S/C26H36N2O3S/c1-5-20(3)27-26(30)24(6-2)28(18-22-13-10-14-23(17-22)31-4)25(29)15-16-32-19-21-11-8-7-9-12-21/h7-14,17,20,24H,5-6,15-16,18-19H2,1-4H3,(H,27,30)/t20-,24-/m0/s1. The highest BCUT2D eigenvalue weighted by atomic mass is 32.2. The molecule has 6 heteroatoms. The first kappa shape index (κ1) is 25.8. The van der Waals surface area contributed by atoms with Gasteiger partial charge in [0.15, 0.2) is 0 Å². The van der Waals surface area contributed by atoms with Crippen molar-refractivity contribution in [3.8, 4) is 5.75 Å². The van der Waals surface area contributed by atoms with E-state index >= 15 is 0 Å². The van der Waals surface area contributed by atoms with Crippen molar-refractivity contribution in [2.75, 3.05) is 12.9 Å². The van der Waals surface area contributed by atoms with Gasteiger partial charge in [-0.15, -0.1) is 0 Å². The van der Waals surface area contributed by atoms with Crippen LogP contribution >= 0.6 is 11.8 Å². The molecule has 0 aliphatic carbocycles. The second-order valence-corrected chi connectivity index (χ2v) is 9.01. The lowest BCUT2D eigenvalue weighted by Crippen LogP contribution is -2.50. The summed E-state index contributed by atoms with van der Waals surface area (Å²) in [5.74, 6) is 2.24. The van der Waals surface area contributed by atoms with E-state index in [4.69, 9.17) is 4.74 Å². The molecule has 0 unspecified atom stereocenters. The number of hydrogen-bond acceptors (Lipinski definition) is 4. The first-order chi connectivity index (χ1) is 15.5. The fraction of sp³-hybridized carbons (Fsp3) is 0.462. The van der Waals surface area contributed by atoms with Crippen LogP contribution in [0.1, 0.15) is 51.2 Å². The summed E-state index contributed by atoms with van der Waals surface area (Å²) in [6.07, 6.45) is 1.81. The Labute approximate surface area is 196 Å². The van der Waals surface area contributed by atoms with Crippen molar-refractivity contribution < 1.29 is 14.3 Å². The zero-order chi connectivity index (χ0) is 23.3. The molecule has 5 nitrogen and oxygen atoms in total. The molecule has 0 aliphatic heterocycles. The molecule has 2 aromatic rings. The first-order valence-electron chi connectivity index (χ1n) is 11.3. The Bertz CT molecular complexity index is 844. The summed E-state index contributed by atoms with van der Waals surface area (Å²) in [6, 6.07) is 17.5. The van der Waals surface area contributed by atoms with Gasteiger partial charge in [-0.2, -0.15) is 11.8 Å². The number of rotatable bonds is 13. The van der Waals surface area contributed by atoms with Crippen molar-refractivity contribution in [3.63, 3.8) is 0 Å². The smallest absolute Gasteiger partial charge is 0.243 e. The quantitative estimate of drug-likeness (QED) is 0.429. The monoisotopic (exact) mass is 456 g/mol. The van der Waals surface area contributed by atoms with Gasteiger partial charge < -0.3 is 15.0 Å². The van der Waals surface area contributed by atoms with Crippen LogP contribution in [0.25, 0.3) is 0 Å². The zero-order valence-electron chi connectivity index (χ0n) is 19.7. The summed E-state index contributed by atoms with van der Waals surface area (Å²) < 4.78 is 5.33. The van der Waals surface area contributed by atoms with Crippen LogP contribution in [0.15, 0.2) is 54.6 Å². The second kappa shape index (κ2) is 13.8. The van der Waals surface area contributed by atoms with Gasteiger partial charge in [0.25, 0.3) is 0 Å². The van der Waals surface area contributed by atoms with E-state index in [-0.39, 0.29) is 17.9 Å². The highest BCUT2D eigenvalue weighted by molar-refractivity contribution is 7.98. The Hall–Kier alpha value is -2.47. The lowest BCUT2D eigenvalue weighted by molar-refractivity contribution is -0.141. The molecule has 0 fully saturated rings. The molecule has 0 bridgehead atoms. The molecule has 2 aromatic carbocycles. The molecule has 0 saturated carbocycles. The summed E-state index contributed by atoms with van der Waals surface area (Å²) in [4.78, 5) is 28.0. The molecule has 0 spiro atoms. The predicted octanol–water partition coefficient (Wildman–Crippen LogP) is 5.04. The van der Waals surface area contributed by atoms with Crippen LogP contribution in [-0.4, -0.2) is 41.7 Å². The third-order valence-electron chi connectivity index (χ3n) is 5.45. The average Bonchev–Trinajstić information content (AvgIpc) is 2.82. The SMILES string of the molecule is CC[C@H](C)NC(=O)[C@H](CC)N(Cc1cccc(OC)c1)C(=O)CCSCc1ccccc1. The van der Waals surface area contributed by atoms with Crippen LogP contribution in [0.5, 0.6) is 5.75 Å². The number of carbonyl (C=O) groups excluding carboxylic acids is 2. The van der Waals surface area contributed by atoms with Crippen LogP contribution in [0.3, 0.4) is 0 Å². The van der Waals surface area contributed by atoms with E-state index in [0.29, 0.717) is 25.1 Å². The molecule has 0 heterocycles. The Kier molecular flexibility index (Phi) is 11.2. The number of methoxy groups -OCH3 is 1. The fourth-order valence-electron chi connectivity index (χ4n) is 3.40. The Morgan fingerprint density at radius 1 is 1.03 bits per heavy atom. The molecular weight excluding hydrogens is 420 g/mol. The summed E-state index contributed by atoms with van der Waals surface area (Å²) in [5, 5.41) is 3.05. The number of thioether (sulfide) groups is 1. The Morgan fingerprint density at radius 2 is 1.75 bits per heavy atom. The van der Waals surface area contributed by atoms with Crippen LogP contribution in [0, 0.1) is 0 Å². The molecule has 0 aliphatic rings. The van der Waals surface area contributed by atoms with Gasteiger partial charge in [-0.25, -0.2) is 0 Å². The van der Waals surface area contributed by atoms with Crippen LogP contribution in [0.4, 0.5) is 0 Å². The number of hydrogen-bond donors (Lipinski definition) is 1. The minimum atomic E-state index is -0.498. The third kappa shape index (κ3) is 8.23. The number of benzene rings is 2. The van der Waals surface area contributed by atoms with Gasteiger partial charge in [-0.3, -0.25) is 9.59 Å². The van der Waals surface area contributed by atoms with Gasteiger partial charge in [0, 0.05) is 30.5 Å². The maximum absolute atomic E-state index is 13.3. The van der Waals surface area contributed by atoms with Crippen LogP contribution < -0.4 is 10.1 Å². The van der Waals surface area contributed by atoms with Gasteiger partial charge in [0.1, 0.15) is 11.8 Å². The molecular formula is C26H36N2O3S. The van der Waals surface area contributed by atoms with Gasteiger partial charge in [-0.1, -0.05) is 56.3 Å². The summed E-state index contributed by atoms with van der Waals surface area (Å²) in [7, 11) is 1.63. The Balaban J connectivity index is 2.09. The van der Waals surface area contributed by atoms with Crippen molar-refractivity contribution in [1.82, 2.24) is 10.2 Å². The first-order valence-corrected chi connectivity index (χ1v) is 12.5. The highest BCUT2D eigenvalue weighted by Gasteiger charge is 2.29. The van der Waals surface area contributed by atoms with Gasteiger partial charge in [0.2, 0.25) is 11.8 Å². The van der Waals surface area contributed by atoms with Crippen molar-refractivity contribution >= 4 is 23.6 Å². The van der Waals surface area contributed by atoms with E-state index in [1.165, 1.54) is 5.56 Å². The van der Waals surface area contributed by atoms with E-state index in [2.05, 4.69) is 17.4 Å². The maximum atomic E-state index is 13.3. The van der Waals surface area contributed by atoms with Crippen molar-refractivity contribution in [3.05, 3.63) is 65.7 Å². The molecule has 2 amide bonds. The number of nitrogens with zero attached hydrogens (tertiary/aromatic N) is 1. The molecule has 32 heavy (non-hydrogen) atoms. The summed E-state index contributed by atoms with van der Waals surface area (Å²) in [5.41, 5.74) is 2.20. The number of nitrogens with one attached hydrogen (secondary N) is 1. The van der Waals surface area contributed by atoms with E-state index in [1.54, 1.807) is 23.8 Å². The molecule has 1 N–H and O–H groups in total. The van der Waals surface area contributed by atoms with Crippen LogP contribution in [-0.2, 0) is 21.9 Å². The molecule has 2 rings (SSSR count). The summed E-state index contributed by atoms with van der Waals surface area (Å²) >= 11 is 1.74. The molecule has 2 atom stereocenters. The van der Waals surface area contributed by atoms with E-state index in [1.807, 2.05) is 63.2 Å². The van der Waals surface area contributed by atoms with Crippen molar-refractivity contribution in [2.45, 2.75) is 64.4 Å². The lowest BCUT2D eigenvalue weighted by Gasteiger charge is -2.31. The lowest BCUT2D eigenvalue weighted by atomic mass is 10.1. The maximum Gasteiger partial charge on any atom is 0.243 e. The normalized spacial score (nSPS) is 12.6. The molecule has 0 aromatic heterocycles. The average molecular weight is 457 g/mol. The largest absolute Gasteiger partial charge is 0.497 e.